The Morgan fingerprint density at radius 2 is 2.11 bits per heavy atom. The second-order valence-corrected chi connectivity index (χ2v) is 5.23. The maximum atomic E-state index is 14.0. The van der Waals surface area contributed by atoms with Crippen LogP contribution in [0.25, 0.3) is 0 Å². The number of piperazine rings is 1. The van der Waals surface area contributed by atoms with E-state index in [9.17, 15) is 4.39 Å². The molecular formula is C14H20ClFN2O. The molecule has 3 nitrogen and oxygen atoms in total. The van der Waals surface area contributed by atoms with E-state index < -0.39 is 0 Å². The summed E-state index contributed by atoms with van der Waals surface area (Å²) >= 11 is 5.92. The van der Waals surface area contributed by atoms with E-state index in [1.165, 1.54) is 0 Å². The van der Waals surface area contributed by atoms with E-state index in [-0.39, 0.29) is 10.8 Å². The molecule has 0 unspecified atom stereocenters. The summed E-state index contributed by atoms with van der Waals surface area (Å²) in [5.74, 6) is -0.295. The molecule has 0 bridgehead atoms. The van der Waals surface area contributed by atoms with Crippen LogP contribution in [0.5, 0.6) is 0 Å². The highest BCUT2D eigenvalue weighted by atomic mass is 35.5. The van der Waals surface area contributed by atoms with Gasteiger partial charge in [-0.2, -0.15) is 0 Å². The van der Waals surface area contributed by atoms with E-state index in [1.807, 2.05) is 6.07 Å². The first-order valence-electron chi connectivity index (χ1n) is 6.59. The second-order valence-electron chi connectivity index (χ2n) is 4.83. The van der Waals surface area contributed by atoms with Crippen LogP contribution in [0.15, 0.2) is 12.1 Å². The SMILES string of the molecule is COCc1cc(Cl)c(F)c(CCN2CCNCC2)c1. The number of nitrogens with one attached hydrogen (secondary N) is 1. The highest BCUT2D eigenvalue weighted by Gasteiger charge is 2.13. The van der Waals surface area contributed by atoms with Crippen LogP contribution in [-0.4, -0.2) is 44.7 Å². The normalized spacial score (nSPS) is 16.8. The Hall–Kier alpha value is -0.680. The third-order valence-corrected chi connectivity index (χ3v) is 3.66. The molecule has 0 saturated carbocycles. The van der Waals surface area contributed by atoms with E-state index in [1.54, 1.807) is 13.2 Å². The summed E-state index contributed by atoms with van der Waals surface area (Å²) < 4.78 is 19.0. The fraction of sp³-hybridized carbons (Fsp3) is 0.571. The molecule has 1 saturated heterocycles. The lowest BCUT2D eigenvalue weighted by molar-refractivity contribution is 0.184. The summed E-state index contributed by atoms with van der Waals surface area (Å²) in [7, 11) is 1.62. The monoisotopic (exact) mass is 286 g/mol. The smallest absolute Gasteiger partial charge is 0.145 e. The fourth-order valence-electron chi connectivity index (χ4n) is 2.35. The van der Waals surface area contributed by atoms with Crippen LogP contribution in [0.4, 0.5) is 4.39 Å². The molecule has 0 radical (unpaired) electrons. The molecule has 0 spiro atoms. The van der Waals surface area contributed by atoms with Crippen LogP contribution in [-0.2, 0) is 17.8 Å². The van der Waals surface area contributed by atoms with Gasteiger partial charge in [0.1, 0.15) is 5.82 Å². The molecule has 0 aromatic heterocycles. The van der Waals surface area contributed by atoms with Crippen molar-refractivity contribution < 1.29 is 9.13 Å². The first-order chi connectivity index (χ1) is 9.20. The summed E-state index contributed by atoms with van der Waals surface area (Å²) in [5, 5.41) is 3.49. The van der Waals surface area contributed by atoms with Crippen molar-refractivity contribution in [3.05, 3.63) is 34.1 Å². The zero-order valence-electron chi connectivity index (χ0n) is 11.2. The van der Waals surface area contributed by atoms with Crippen LogP contribution in [0, 0.1) is 5.82 Å². The predicted octanol–water partition coefficient (Wildman–Crippen LogP) is 2.07. The zero-order valence-corrected chi connectivity index (χ0v) is 12.0. The van der Waals surface area contributed by atoms with Crippen LogP contribution in [0.2, 0.25) is 5.02 Å². The Bertz CT molecular complexity index is 422. The van der Waals surface area contributed by atoms with Gasteiger partial charge >= 0.3 is 0 Å². The number of hydrogen-bond donors (Lipinski definition) is 1. The molecule has 1 fully saturated rings. The van der Waals surface area contributed by atoms with E-state index in [2.05, 4.69) is 10.2 Å². The minimum atomic E-state index is -0.295. The Morgan fingerprint density at radius 3 is 2.79 bits per heavy atom. The van der Waals surface area contributed by atoms with Crippen molar-refractivity contribution in [3.63, 3.8) is 0 Å². The molecule has 0 amide bonds. The number of halogens is 2. The number of hydrogen-bond acceptors (Lipinski definition) is 3. The van der Waals surface area contributed by atoms with Crippen molar-refractivity contribution in [3.8, 4) is 0 Å². The maximum absolute atomic E-state index is 14.0. The topological polar surface area (TPSA) is 24.5 Å². The van der Waals surface area contributed by atoms with Gasteiger partial charge in [-0.05, 0) is 23.6 Å². The molecule has 5 heteroatoms. The van der Waals surface area contributed by atoms with Crippen molar-refractivity contribution in [1.82, 2.24) is 10.2 Å². The first-order valence-corrected chi connectivity index (χ1v) is 6.97. The van der Waals surface area contributed by atoms with E-state index in [0.717, 1.165) is 38.3 Å². The quantitative estimate of drug-likeness (QED) is 0.897. The Morgan fingerprint density at radius 1 is 1.37 bits per heavy atom. The van der Waals surface area contributed by atoms with E-state index in [0.29, 0.717) is 18.6 Å². The summed E-state index contributed by atoms with van der Waals surface area (Å²) in [4.78, 5) is 2.34. The summed E-state index contributed by atoms with van der Waals surface area (Å²) in [6, 6.07) is 3.49. The van der Waals surface area contributed by atoms with Crippen molar-refractivity contribution in [2.24, 2.45) is 0 Å². The molecule has 1 aromatic carbocycles. The van der Waals surface area contributed by atoms with Crippen LogP contribution >= 0.6 is 11.6 Å². The Balaban J connectivity index is 2.01. The lowest BCUT2D eigenvalue weighted by atomic mass is 10.1. The third-order valence-electron chi connectivity index (χ3n) is 3.38. The average Bonchev–Trinajstić information content (AvgIpc) is 2.42. The number of ether oxygens (including phenoxy) is 1. The van der Waals surface area contributed by atoms with E-state index in [4.69, 9.17) is 16.3 Å². The zero-order chi connectivity index (χ0) is 13.7. The van der Waals surface area contributed by atoms with Gasteiger partial charge in [-0.1, -0.05) is 17.7 Å². The third kappa shape index (κ3) is 4.14. The van der Waals surface area contributed by atoms with Gasteiger partial charge in [0.2, 0.25) is 0 Å². The minimum absolute atomic E-state index is 0.185. The summed E-state index contributed by atoms with van der Waals surface area (Å²) in [6.07, 6.45) is 0.684. The lowest BCUT2D eigenvalue weighted by Gasteiger charge is -2.27. The van der Waals surface area contributed by atoms with Gasteiger partial charge in [-0.15, -0.1) is 0 Å². The first kappa shape index (κ1) is 14.7. The maximum Gasteiger partial charge on any atom is 0.145 e. The molecule has 1 aromatic rings. The van der Waals surface area contributed by atoms with Gasteiger partial charge in [0.25, 0.3) is 0 Å². The van der Waals surface area contributed by atoms with Crippen molar-refractivity contribution in [1.29, 1.82) is 0 Å². The number of benzene rings is 1. The minimum Gasteiger partial charge on any atom is -0.380 e. The van der Waals surface area contributed by atoms with Crippen LogP contribution < -0.4 is 5.32 Å². The largest absolute Gasteiger partial charge is 0.380 e. The Labute approximate surface area is 118 Å². The van der Waals surface area contributed by atoms with Crippen LogP contribution in [0.3, 0.4) is 0 Å². The number of rotatable bonds is 5. The van der Waals surface area contributed by atoms with Crippen molar-refractivity contribution in [2.75, 3.05) is 39.8 Å². The highest BCUT2D eigenvalue weighted by Crippen LogP contribution is 2.22. The molecule has 2 rings (SSSR count). The Kier molecular flexibility index (Phi) is 5.58. The summed E-state index contributed by atoms with van der Waals surface area (Å²) in [6.45, 7) is 5.38. The highest BCUT2D eigenvalue weighted by molar-refractivity contribution is 6.30. The molecule has 1 aliphatic rings. The molecular weight excluding hydrogens is 267 g/mol. The molecule has 19 heavy (non-hydrogen) atoms. The lowest BCUT2D eigenvalue weighted by Crippen LogP contribution is -2.44. The van der Waals surface area contributed by atoms with Gasteiger partial charge < -0.3 is 15.0 Å². The molecule has 1 aliphatic heterocycles. The molecule has 106 valence electrons. The number of methoxy groups -OCH3 is 1. The average molecular weight is 287 g/mol. The number of nitrogens with zero attached hydrogens (tertiary/aromatic N) is 1. The molecule has 1 N–H and O–H groups in total. The summed E-state index contributed by atoms with van der Waals surface area (Å²) in [5.41, 5.74) is 1.60. The van der Waals surface area contributed by atoms with Gasteiger partial charge in [0.15, 0.2) is 0 Å². The van der Waals surface area contributed by atoms with Crippen molar-refractivity contribution >= 4 is 11.6 Å². The van der Waals surface area contributed by atoms with E-state index >= 15 is 0 Å². The van der Waals surface area contributed by atoms with Gasteiger partial charge in [-0.25, -0.2) is 4.39 Å². The van der Waals surface area contributed by atoms with Gasteiger partial charge in [0, 0.05) is 39.8 Å². The van der Waals surface area contributed by atoms with Gasteiger partial charge in [-0.3, -0.25) is 0 Å². The predicted molar refractivity (Wildman–Crippen MR) is 75.1 cm³/mol. The standard InChI is InChI=1S/C14H20ClFN2O/c1-19-10-11-8-12(14(16)13(15)9-11)2-5-18-6-3-17-4-7-18/h8-9,17H,2-7,10H2,1H3. The second kappa shape index (κ2) is 7.20. The van der Waals surface area contributed by atoms with Crippen LogP contribution in [0.1, 0.15) is 11.1 Å². The molecule has 0 aliphatic carbocycles. The fourth-order valence-corrected chi connectivity index (χ4v) is 2.62. The molecule has 1 heterocycles. The molecule has 0 atom stereocenters. The van der Waals surface area contributed by atoms with Gasteiger partial charge in [0.05, 0.1) is 11.6 Å². The van der Waals surface area contributed by atoms with Crippen molar-refractivity contribution in [2.45, 2.75) is 13.0 Å².